The molecule has 0 spiro atoms. The number of piperidine rings is 1. The van der Waals surface area contributed by atoms with E-state index < -0.39 is 0 Å². The summed E-state index contributed by atoms with van der Waals surface area (Å²) < 4.78 is 0. The third kappa shape index (κ3) is 4.63. The van der Waals surface area contributed by atoms with Crippen molar-refractivity contribution in [2.24, 2.45) is 0 Å². The highest BCUT2D eigenvalue weighted by Crippen LogP contribution is 1.99. The maximum atomic E-state index is 8.23. The number of hydrogen-bond acceptors (Lipinski definition) is 3. The van der Waals surface area contributed by atoms with Crippen LogP contribution in [0.25, 0.3) is 0 Å². The Morgan fingerprint density at radius 2 is 2.36 bits per heavy atom. The summed E-state index contributed by atoms with van der Waals surface area (Å²) in [6.07, 6.45) is 4.25. The molecule has 1 aliphatic heterocycles. The molecule has 1 heterocycles. The molecule has 1 rings (SSSR count). The van der Waals surface area contributed by atoms with Crippen LogP contribution in [0.3, 0.4) is 0 Å². The summed E-state index contributed by atoms with van der Waals surface area (Å²) in [5, 5.41) is 14.2. The van der Waals surface area contributed by atoms with Gasteiger partial charge in [0.1, 0.15) is 0 Å². The van der Waals surface area contributed by atoms with Gasteiger partial charge in [-0.1, -0.05) is 13.8 Å². The van der Waals surface area contributed by atoms with E-state index in [9.17, 15) is 0 Å². The number of nitrogens with zero attached hydrogens (tertiary/aromatic N) is 1. The van der Waals surface area contributed by atoms with E-state index in [1.807, 2.05) is 20.0 Å². The van der Waals surface area contributed by atoms with Gasteiger partial charge in [-0.3, -0.25) is 0 Å². The van der Waals surface area contributed by atoms with Gasteiger partial charge in [-0.25, -0.2) is 0 Å². The molecular weight excluding hydrogens is 138 g/mol. The summed E-state index contributed by atoms with van der Waals surface area (Å²) in [6, 6.07) is 0.378. The molecule has 0 aromatic heterocycles. The van der Waals surface area contributed by atoms with Crippen LogP contribution in [0.4, 0.5) is 0 Å². The molecule has 11 heavy (non-hydrogen) atoms. The van der Waals surface area contributed by atoms with Crippen molar-refractivity contribution in [1.82, 2.24) is 10.6 Å². The van der Waals surface area contributed by atoms with E-state index >= 15 is 0 Å². The molecule has 0 saturated carbocycles. The molecule has 1 unspecified atom stereocenters. The summed E-state index contributed by atoms with van der Waals surface area (Å²) in [5.74, 6) is 0. The fourth-order valence-corrected chi connectivity index (χ4v) is 1.07. The molecule has 0 aromatic rings. The van der Waals surface area contributed by atoms with Crippen LogP contribution in [0.2, 0.25) is 0 Å². The second kappa shape index (κ2) is 7.36. The van der Waals surface area contributed by atoms with Crippen molar-refractivity contribution in [2.75, 3.05) is 13.1 Å². The molecule has 3 heteroatoms. The molecule has 3 nitrogen and oxygen atoms in total. The van der Waals surface area contributed by atoms with Crippen LogP contribution in [-0.4, -0.2) is 19.1 Å². The lowest BCUT2D eigenvalue weighted by molar-refractivity contribution is 0.425. The van der Waals surface area contributed by atoms with Crippen molar-refractivity contribution in [1.29, 1.82) is 5.26 Å². The van der Waals surface area contributed by atoms with Crippen LogP contribution >= 0.6 is 0 Å². The zero-order chi connectivity index (χ0) is 8.53. The summed E-state index contributed by atoms with van der Waals surface area (Å²) in [6.45, 7) is 6.04. The summed E-state index contributed by atoms with van der Waals surface area (Å²) in [7, 11) is 0. The van der Waals surface area contributed by atoms with Gasteiger partial charge in [0.2, 0.25) is 0 Å². The first-order chi connectivity index (χ1) is 5.43. The van der Waals surface area contributed by atoms with E-state index in [4.69, 9.17) is 5.26 Å². The van der Waals surface area contributed by atoms with Gasteiger partial charge in [0.25, 0.3) is 0 Å². The smallest absolute Gasteiger partial charge is 0.176 e. The highest BCUT2D eigenvalue weighted by atomic mass is 15.0. The average Bonchev–Trinajstić information content (AvgIpc) is 2.11. The predicted molar refractivity (Wildman–Crippen MR) is 48.1 cm³/mol. The Balaban J connectivity index is 0. The number of hydrogen-bond donors (Lipinski definition) is 2. The lowest BCUT2D eigenvalue weighted by Gasteiger charge is -2.20. The van der Waals surface area contributed by atoms with Crippen molar-refractivity contribution in [3.63, 3.8) is 0 Å². The highest BCUT2D eigenvalue weighted by Gasteiger charge is 2.10. The molecule has 1 atom stereocenters. The number of nitrogens with one attached hydrogen (secondary N) is 2. The standard InChI is InChI=1S/C6H11N3.C2H6.H2/c7-5-9-6-2-1-3-8-4-6;1-2;/h6,8-9H,1-4H2;1-2H3;1H. The zero-order valence-electron chi connectivity index (χ0n) is 7.35. The molecule has 66 valence electrons. The number of rotatable bonds is 1. The van der Waals surface area contributed by atoms with Crippen LogP contribution < -0.4 is 10.6 Å². The van der Waals surface area contributed by atoms with Crippen LogP contribution in [-0.2, 0) is 0 Å². The van der Waals surface area contributed by atoms with Crippen LogP contribution in [0.5, 0.6) is 0 Å². The highest BCUT2D eigenvalue weighted by molar-refractivity contribution is 4.80. The first-order valence-electron chi connectivity index (χ1n) is 4.29. The topological polar surface area (TPSA) is 47.9 Å². The quantitative estimate of drug-likeness (QED) is 0.442. The Hall–Kier alpha value is -0.750. The molecular formula is C8H19N3. The minimum atomic E-state index is 0. The Kier molecular flexibility index (Phi) is 6.86. The number of nitriles is 1. The molecule has 1 aliphatic rings. The van der Waals surface area contributed by atoms with Crippen molar-refractivity contribution in [3.8, 4) is 6.19 Å². The van der Waals surface area contributed by atoms with Crippen LogP contribution in [0.1, 0.15) is 28.1 Å². The van der Waals surface area contributed by atoms with Crippen LogP contribution in [0.15, 0.2) is 0 Å². The Bertz CT molecular complexity index is 116. The lowest BCUT2D eigenvalue weighted by atomic mass is 10.1. The summed E-state index contributed by atoms with van der Waals surface area (Å²) in [4.78, 5) is 0. The first kappa shape index (κ1) is 10.2. The molecule has 0 bridgehead atoms. The maximum absolute atomic E-state index is 8.23. The van der Waals surface area contributed by atoms with Gasteiger partial charge in [-0.2, -0.15) is 5.26 Å². The van der Waals surface area contributed by atoms with E-state index in [1.165, 1.54) is 6.42 Å². The first-order valence-corrected chi connectivity index (χ1v) is 4.29. The van der Waals surface area contributed by atoms with Crippen molar-refractivity contribution < 1.29 is 1.43 Å². The fraction of sp³-hybridized carbons (Fsp3) is 0.875. The Morgan fingerprint density at radius 3 is 2.82 bits per heavy atom. The predicted octanol–water partition coefficient (Wildman–Crippen LogP) is 1.08. The summed E-state index contributed by atoms with van der Waals surface area (Å²) >= 11 is 0. The van der Waals surface area contributed by atoms with Gasteiger partial charge < -0.3 is 10.6 Å². The van der Waals surface area contributed by atoms with Crippen LogP contribution in [0, 0.1) is 11.5 Å². The van der Waals surface area contributed by atoms with Crippen molar-refractivity contribution >= 4 is 0 Å². The molecule has 0 radical (unpaired) electrons. The minimum Gasteiger partial charge on any atom is -0.319 e. The van der Waals surface area contributed by atoms with Gasteiger partial charge in [0, 0.05) is 14.0 Å². The third-order valence-electron chi connectivity index (χ3n) is 1.57. The SMILES string of the molecule is CC.N#CNC1CCCNC1.[HH]. The monoisotopic (exact) mass is 157 g/mol. The van der Waals surface area contributed by atoms with Crippen molar-refractivity contribution in [2.45, 2.75) is 32.7 Å². The molecule has 1 saturated heterocycles. The van der Waals surface area contributed by atoms with E-state index in [-0.39, 0.29) is 1.43 Å². The van der Waals surface area contributed by atoms with Gasteiger partial charge in [-0.15, -0.1) is 0 Å². The largest absolute Gasteiger partial charge is 0.319 e. The zero-order valence-corrected chi connectivity index (χ0v) is 7.35. The molecule has 1 fully saturated rings. The Morgan fingerprint density at radius 1 is 1.64 bits per heavy atom. The van der Waals surface area contributed by atoms with Gasteiger partial charge in [-0.05, 0) is 19.4 Å². The summed E-state index contributed by atoms with van der Waals surface area (Å²) in [5.41, 5.74) is 0. The average molecular weight is 157 g/mol. The fourth-order valence-electron chi connectivity index (χ4n) is 1.07. The van der Waals surface area contributed by atoms with Crippen molar-refractivity contribution in [3.05, 3.63) is 0 Å². The molecule has 0 amide bonds. The molecule has 2 N–H and O–H groups in total. The molecule has 0 aromatic carbocycles. The second-order valence-electron chi connectivity index (χ2n) is 2.30. The van der Waals surface area contributed by atoms with E-state index in [1.54, 1.807) is 0 Å². The second-order valence-corrected chi connectivity index (χ2v) is 2.30. The van der Waals surface area contributed by atoms with Gasteiger partial charge in [0.05, 0.1) is 0 Å². The minimum absolute atomic E-state index is 0. The maximum Gasteiger partial charge on any atom is 0.176 e. The van der Waals surface area contributed by atoms with Gasteiger partial charge in [0.15, 0.2) is 6.19 Å². The third-order valence-corrected chi connectivity index (χ3v) is 1.57. The lowest BCUT2D eigenvalue weighted by Crippen LogP contribution is -2.40. The Labute approximate surface area is 70.3 Å². The van der Waals surface area contributed by atoms with E-state index in [2.05, 4.69) is 10.6 Å². The molecule has 0 aliphatic carbocycles. The van der Waals surface area contributed by atoms with Gasteiger partial charge >= 0.3 is 0 Å². The van der Waals surface area contributed by atoms with E-state index in [0.717, 1.165) is 19.5 Å². The normalized spacial score (nSPS) is 22.5. The van der Waals surface area contributed by atoms with E-state index in [0.29, 0.717) is 6.04 Å².